The van der Waals surface area contributed by atoms with Crippen molar-refractivity contribution in [2.24, 2.45) is 0 Å². The Hall–Kier alpha value is -2.14. The molecule has 0 aliphatic heterocycles. The van der Waals surface area contributed by atoms with Gasteiger partial charge in [-0.05, 0) is 53.4 Å². The van der Waals surface area contributed by atoms with Gasteiger partial charge in [0.1, 0.15) is 0 Å². The second-order valence-electron chi connectivity index (χ2n) is 4.86. The maximum Gasteiger partial charge on any atom is 0.303 e. The third-order valence-corrected chi connectivity index (χ3v) is 3.96. The van der Waals surface area contributed by atoms with Crippen molar-refractivity contribution in [1.82, 2.24) is 0 Å². The highest BCUT2D eigenvalue weighted by atomic mass is 32.1. The molecule has 2 rings (SSSR count). The van der Waals surface area contributed by atoms with Gasteiger partial charge in [-0.1, -0.05) is 12.1 Å². The highest BCUT2D eigenvalue weighted by Gasteiger charge is 2.15. The van der Waals surface area contributed by atoms with E-state index in [4.69, 9.17) is 5.11 Å². The molecule has 1 aromatic carbocycles. The summed E-state index contributed by atoms with van der Waals surface area (Å²) in [5.74, 6) is -1.10. The molecule has 0 saturated carbocycles. The van der Waals surface area contributed by atoms with E-state index < -0.39 is 5.97 Å². The van der Waals surface area contributed by atoms with Crippen LogP contribution < -0.4 is 5.32 Å². The summed E-state index contributed by atoms with van der Waals surface area (Å²) in [6.07, 6.45) is 0.543. The number of carbonyl (C=O) groups excluding carboxylic acids is 1. The number of rotatable bonds is 6. The second kappa shape index (κ2) is 7.04. The van der Waals surface area contributed by atoms with Gasteiger partial charge in [0.2, 0.25) is 5.91 Å². The predicted octanol–water partition coefficient (Wildman–Crippen LogP) is 3.51. The topological polar surface area (TPSA) is 66.4 Å². The summed E-state index contributed by atoms with van der Waals surface area (Å²) >= 11 is 1.57. The van der Waals surface area contributed by atoms with Crippen molar-refractivity contribution in [2.75, 3.05) is 5.32 Å². The lowest BCUT2D eigenvalue weighted by Crippen LogP contribution is -2.18. The number of hydrogen-bond acceptors (Lipinski definition) is 3. The Labute approximate surface area is 127 Å². The summed E-state index contributed by atoms with van der Waals surface area (Å²) in [5, 5.41) is 15.5. The first-order valence-corrected chi connectivity index (χ1v) is 7.64. The number of nitrogens with one attached hydrogen (secondary N) is 1. The van der Waals surface area contributed by atoms with Crippen LogP contribution in [0.4, 0.5) is 5.69 Å². The Morgan fingerprint density at radius 1 is 1.33 bits per heavy atom. The zero-order chi connectivity index (χ0) is 15.2. The fourth-order valence-electron chi connectivity index (χ4n) is 1.98. The number of anilines is 1. The number of benzene rings is 1. The van der Waals surface area contributed by atoms with Crippen molar-refractivity contribution in [1.29, 1.82) is 0 Å². The summed E-state index contributed by atoms with van der Waals surface area (Å²) in [5.41, 5.74) is 2.60. The largest absolute Gasteiger partial charge is 0.481 e. The molecule has 21 heavy (non-hydrogen) atoms. The molecule has 4 nitrogen and oxygen atoms in total. The Morgan fingerprint density at radius 2 is 2.14 bits per heavy atom. The van der Waals surface area contributed by atoms with Crippen molar-refractivity contribution in [2.45, 2.75) is 25.7 Å². The SMILES string of the molecule is CC(C(=O)Nc1cccc(CCC(=O)O)c1)c1ccsc1. The van der Waals surface area contributed by atoms with E-state index in [0.717, 1.165) is 11.1 Å². The number of carboxylic acids is 1. The molecule has 110 valence electrons. The lowest BCUT2D eigenvalue weighted by molar-refractivity contribution is -0.137. The lowest BCUT2D eigenvalue weighted by Gasteiger charge is -2.11. The zero-order valence-electron chi connectivity index (χ0n) is 11.7. The third-order valence-electron chi connectivity index (χ3n) is 3.26. The van der Waals surface area contributed by atoms with Gasteiger partial charge < -0.3 is 10.4 Å². The molecule has 0 fully saturated rings. The van der Waals surface area contributed by atoms with Gasteiger partial charge in [0.25, 0.3) is 0 Å². The van der Waals surface area contributed by atoms with Crippen molar-refractivity contribution in [3.05, 3.63) is 52.2 Å². The Kier molecular flexibility index (Phi) is 5.11. The van der Waals surface area contributed by atoms with Gasteiger partial charge in [-0.3, -0.25) is 9.59 Å². The monoisotopic (exact) mass is 303 g/mol. The van der Waals surface area contributed by atoms with Crippen LogP contribution in [-0.2, 0) is 16.0 Å². The van der Waals surface area contributed by atoms with Gasteiger partial charge in [-0.2, -0.15) is 11.3 Å². The number of aryl methyl sites for hydroxylation is 1. The van der Waals surface area contributed by atoms with Crippen LogP contribution in [0.3, 0.4) is 0 Å². The van der Waals surface area contributed by atoms with Crippen LogP contribution in [-0.4, -0.2) is 17.0 Å². The Morgan fingerprint density at radius 3 is 2.81 bits per heavy atom. The van der Waals surface area contributed by atoms with Crippen molar-refractivity contribution in [3.63, 3.8) is 0 Å². The normalized spacial score (nSPS) is 11.9. The summed E-state index contributed by atoms with van der Waals surface area (Å²) in [6, 6.07) is 9.25. The van der Waals surface area contributed by atoms with Crippen LogP contribution in [0, 0.1) is 0 Å². The van der Waals surface area contributed by atoms with E-state index in [9.17, 15) is 9.59 Å². The van der Waals surface area contributed by atoms with E-state index in [-0.39, 0.29) is 18.2 Å². The number of thiophene rings is 1. The fraction of sp³-hybridized carbons (Fsp3) is 0.250. The molecule has 1 heterocycles. The molecule has 1 unspecified atom stereocenters. The summed E-state index contributed by atoms with van der Waals surface area (Å²) < 4.78 is 0. The van der Waals surface area contributed by atoms with E-state index >= 15 is 0 Å². The molecule has 1 aromatic heterocycles. The number of aliphatic carboxylic acids is 1. The molecule has 0 aliphatic rings. The molecule has 2 aromatic rings. The number of hydrogen-bond donors (Lipinski definition) is 2. The third kappa shape index (κ3) is 4.43. The van der Waals surface area contributed by atoms with Crippen LogP contribution >= 0.6 is 11.3 Å². The molecule has 1 amide bonds. The van der Waals surface area contributed by atoms with Crippen LogP contribution in [0.5, 0.6) is 0 Å². The molecule has 5 heteroatoms. The Bertz CT molecular complexity index is 622. The highest BCUT2D eigenvalue weighted by molar-refractivity contribution is 7.08. The fourth-order valence-corrected chi connectivity index (χ4v) is 2.73. The average Bonchev–Trinajstić information content (AvgIpc) is 2.98. The number of carboxylic acid groups (broad SMARTS) is 1. The quantitative estimate of drug-likeness (QED) is 0.858. The van der Waals surface area contributed by atoms with Crippen LogP contribution in [0.1, 0.15) is 30.4 Å². The second-order valence-corrected chi connectivity index (χ2v) is 5.64. The molecule has 1 atom stereocenters. The predicted molar refractivity (Wildman–Crippen MR) is 83.8 cm³/mol. The molecule has 0 aliphatic carbocycles. The van der Waals surface area contributed by atoms with Crippen LogP contribution in [0.25, 0.3) is 0 Å². The van der Waals surface area contributed by atoms with Gasteiger partial charge in [0, 0.05) is 12.1 Å². The van der Waals surface area contributed by atoms with Crippen molar-refractivity contribution >= 4 is 28.9 Å². The smallest absolute Gasteiger partial charge is 0.303 e. The molecule has 0 bridgehead atoms. The maximum absolute atomic E-state index is 12.2. The van der Waals surface area contributed by atoms with Crippen molar-refractivity contribution < 1.29 is 14.7 Å². The first-order valence-electron chi connectivity index (χ1n) is 6.70. The molecular formula is C16H17NO3S. The molecule has 2 N–H and O–H groups in total. The Balaban J connectivity index is 2.00. The average molecular weight is 303 g/mol. The number of amides is 1. The van der Waals surface area contributed by atoms with Gasteiger partial charge in [-0.15, -0.1) is 0 Å². The van der Waals surface area contributed by atoms with Crippen LogP contribution in [0.15, 0.2) is 41.1 Å². The zero-order valence-corrected chi connectivity index (χ0v) is 12.5. The standard InChI is InChI=1S/C16H17NO3S/c1-11(13-7-8-21-10-13)16(20)17-14-4-2-3-12(9-14)5-6-15(18)19/h2-4,7-11H,5-6H2,1H3,(H,17,20)(H,18,19). The van der Waals surface area contributed by atoms with Crippen LogP contribution in [0.2, 0.25) is 0 Å². The van der Waals surface area contributed by atoms with E-state index in [1.807, 2.05) is 48.0 Å². The van der Waals surface area contributed by atoms with Gasteiger partial charge in [-0.25, -0.2) is 0 Å². The van der Waals surface area contributed by atoms with E-state index in [2.05, 4.69) is 5.32 Å². The van der Waals surface area contributed by atoms with E-state index in [1.54, 1.807) is 11.3 Å². The minimum Gasteiger partial charge on any atom is -0.481 e. The minimum absolute atomic E-state index is 0.0659. The highest BCUT2D eigenvalue weighted by Crippen LogP contribution is 2.21. The number of carbonyl (C=O) groups is 2. The first kappa shape index (κ1) is 15.3. The van der Waals surface area contributed by atoms with Gasteiger partial charge in [0.15, 0.2) is 0 Å². The van der Waals surface area contributed by atoms with Gasteiger partial charge >= 0.3 is 5.97 Å². The molecule has 0 spiro atoms. The van der Waals surface area contributed by atoms with Crippen molar-refractivity contribution in [3.8, 4) is 0 Å². The molecule has 0 saturated heterocycles. The molecule has 0 radical (unpaired) electrons. The molecular weight excluding hydrogens is 286 g/mol. The summed E-state index contributed by atoms with van der Waals surface area (Å²) in [7, 11) is 0. The van der Waals surface area contributed by atoms with Gasteiger partial charge in [0.05, 0.1) is 5.92 Å². The van der Waals surface area contributed by atoms with E-state index in [0.29, 0.717) is 12.1 Å². The summed E-state index contributed by atoms with van der Waals surface area (Å²) in [6.45, 7) is 1.87. The van der Waals surface area contributed by atoms with E-state index in [1.165, 1.54) is 0 Å². The minimum atomic E-state index is -0.824. The lowest BCUT2D eigenvalue weighted by atomic mass is 10.0. The summed E-state index contributed by atoms with van der Waals surface area (Å²) in [4.78, 5) is 22.8. The first-order chi connectivity index (χ1) is 10.1. The maximum atomic E-state index is 12.2.